The van der Waals surface area contributed by atoms with Crippen molar-refractivity contribution in [2.45, 2.75) is 13.2 Å². The Labute approximate surface area is 144 Å². The standard InChI is InChI=1S/C19H16BrNO2/c20-18-17(22-13-15-7-3-1-4-8-15)11-12-21-19(18)23-14-16-9-5-2-6-10-16/h1-12H,13-14H2. The second kappa shape index (κ2) is 7.79. The monoisotopic (exact) mass is 369 g/mol. The summed E-state index contributed by atoms with van der Waals surface area (Å²) in [6.07, 6.45) is 1.69. The van der Waals surface area contributed by atoms with Gasteiger partial charge in [-0.1, -0.05) is 60.7 Å². The summed E-state index contributed by atoms with van der Waals surface area (Å²) in [7, 11) is 0. The molecule has 3 aromatic rings. The van der Waals surface area contributed by atoms with Crippen LogP contribution in [-0.4, -0.2) is 4.98 Å². The highest BCUT2D eigenvalue weighted by molar-refractivity contribution is 9.10. The van der Waals surface area contributed by atoms with Crippen molar-refractivity contribution in [1.82, 2.24) is 4.98 Å². The molecule has 116 valence electrons. The normalized spacial score (nSPS) is 10.3. The maximum atomic E-state index is 5.85. The van der Waals surface area contributed by atoms with Gasteiger partial charge in [0.25, 0.3) is 0 Å². The first-order valence-corrected chi connectivity index (χ1v) is 8.10. The van der Waals surface area contributed by atoms with Gasteiger partial charge in [0.05, 0.1) is 0 Å². The van der Waals surface area contributed by atoms with Crippen molar-refractivity contribution < 1.29 is 9.47 Å². The molecule has 0 amide bonds. The van der Waals surface area contributed by atoms with E-state index in [0.717, 1.165) is 15.6 Å². The van der Waals surface area contributed by atoms with E-state index in [0.29, 0.717) is 24.8 Å². The lowest BCUT2D eigenvalue weighted by atomic mass is 10.2. The molecule has 0 saturated heterocycles. The Morgan fingerprint density at radius 2 is 1.30 bits per heavy atom. The molecule has 0 fully saturated rings. The third kappa shape index (κ3) is 4.33. The van der Waals surface area contributed by atoms with E-state index in [1.165, 1.54) is 0 Å². The van der Waals surface area contributed by atoms with Crippen molar-refractivity contribution in [3.05, 3.63) is 88.5 Å². The van der Waals surface area contributed by atoms with Crippen LogP contribution in [-0.2, 0) is 13.2 Å². The third-order valence-electron chi connectivity index (χ3n) is 3.28. The lowest BCUT2D eigenvalue weighted by Gasteiger charge is -2.12. The number of nitrogens with zero attached hydrogens (tertiary/aromatic N) is 1. The zero-order valence-corrected chi connectivity index (χ0v) is 14.1. The van der Waals surface area contributed by atoms with Crippen LogP contribution >= 0.6 is 15.9 Å². The second-order valence-corrected chi connectivity index (χ2v) is 5.77. The molecule has 0 bridgehead atoms. The van der Waals surface area contributed by atoms with Gasteiger partial charge >= 0.3 is 0 Å². The molecular weight excluding hydrogens is 354 g/mol. The topological polar surface area (TPSA) is 31.4 Å². The van der Waals surface area contributed by atoms with Crippen molar-refractivity contribution in [3.8, 4) is 11.6 Å². The molecule has 4 heteroatoms. The second-order valence-electron chi connectivity index (χ2n) is 4.98. The van der Waals surface area contributed by atoms with Crippen molar-refractivity contribution >= 4 is 15.9 Å². The largest absolute Gasteiger partial charge is 0.487 e. The third-order valence-corrected chi connectivity index (χ3v) is 4.01. The minimum Gasteiger partial charge on any atom is -0.487 e. The number of ether oxygens (including phenoxy) is 2. The first kappa shape index (κ1) is 15.6. The molecule has 0 unspecified atom stereocenters. The van der Waals surface area contributed by atoms with Crippen molar-refractivity contribution in [3.63, 3.8) is 0 Å². The van der Waals surface area contributed by atoms with E-state index in [2.05, 4.69) is 20.9 Å². The van der Waals surface area contributed by atoms with Gasteiger partial charge in [0.15, 0.2) is 0 Å². The van der Waals surface area contributed by atoms with E-state index in [-0.39, 0.29) is 0 Å². The molecule has 3 rings (SSSR count). The zero-order valence-electron chi connectivity index (χ0n) is 12.5. The van der Waals surface area contributed by atoms with E-state index < -0.39 is 0 Å². The van der Waals surface area contributed by atoms with Gasteiger partial charge in [-0.15, -0.1) is 0 Å². The summed E-state index contributed by atoms with van der Waals surface area (Å²) in [5.74, 6) is 1.24. The van der Waals surface area contributed by atoms with Crippen LogP contribution in [0.5, 0.6) is 11.6 Å². The number of hydrogen-bond acceptors (Lipinski definition) is 3. The van der Waals surface area contributed by atoms with Crippen LogP contribution in [0.25, 0.3) is 0 Å². The predicted octanol–water partition coefficient (Wildman–Crippen LogP) is 5.00. The summed E-state index contributed by atoms with van der Waals surface area (Å²) in [4.78, 5) is 4.26. The molecule has 0 radical (unpaired) electrons. The van der Waals surface area contributed by atoms with E-state index in [9.17, 15) is 0 Å². The Hall–Kier alpha value is -2.33. The van der Waals surface area contributed by atoms with Gasteiger partial charge in [0.1, 0.15) is 23.4 Å². The fourth-order valence-corrected chi connectivity index (χ4v) is 2.54. The highest BCUT2D eigenvalue weighted by atomic mass is 79.9. The summed E-state index contributed by atoms with van der Waals surface area (Å²) in [5.41, 5.74) is 2.21. The van der Waals surface area contributed by atoms with Crippen molar-refractivity contribution in [2.24, 2.45) is 0 Å². The van der Waals surface area contributed by atoms with Gasteiger partial charge in [-0.25, -0.2) is 4.98 Å². The van der Waals surface area contributed by atoms with Crippen LogP contribution in [0.4, 0.5) is 0 Å². The lowest BCUT2D eigenvalue weighted by molar-refractivity contribution is 0.277. The number of aromatic nitrogens is 1. The smallest absolute Gasteiger partial charge is 0.232 e. The number of hydrogen-bond donors (Lipinski definition) is 0. The molecule has 0 saturated carbocycles. The summed E-state index contributed by atoms with van der Waals surface area (Å²) in [5, 5.41) is 0. The van der Waals surface area contributed by atoms with Crippen molar-refractivity contribution in [1.29, 1.82) is 0 Å². The molecular formula is C19H16BrNO2. The number of rotatable bonds is 6. The lowest BCUT2D eigenvalue weighted by Crippen LogP contribution is -2.00. The molecule has 0 atom stereocenters. The SMILES string of the molecule is Brc1c(OCc2ccccc2)ccnc1OCc1ccccc1. The molecule has 1 heterocycles. The minimum atomic E-state index is 0.467. The fourth-order valence-electron chi connectivity index (χ4n) is 2.08. The maximum Gasteiger partial charge on any atom is 0.232 e. The van der Waals surface area contributed by atoms with Gasteiger partial charge < -0.3 is 9.47 Å². The van der Waals surface area contributed by atoms with E-state index in [1.54, 1.807) is 6.20 Å². The van der Waals surface area contributed by atoms with Crippen LogP contribution in [0.2, 0.25) is 0 Å². The molecule has 0 aliphatic carbocycles. The highest BCUT2D eigenvalue weighted by Crippen LogP contribution is 2.33. The predicted molar refractivity (Wildman–Crippen MR) is 93.5 cm³/mol. The molecule has 0 N–H and O–H groups in total. The van der Waals surface area contributed by atoms with Crippen molar-refractivity contribution in [2.75, 3.05) is 0 Å². The molecule has 1 aromatic heterocycles. The quantitative estimate of drug-likeness (QED) is 0.612. The van der Waals surface area contributed by atoms with Gasteiger partial charge in [-0.05, 0) is 33.1 Å². The molecule has 0 aliphatic heterocycles. The Bertz CT molecular complexity index is 686. The fraction of sp³-hybridized carbons (Fsp3) is 0.105. The highest BCUT2D eigenvalue weighted by Gasteiger charge is 2.10. The van der Waals surface area contributed by atoms with E-state index in [4.69, 9.17) is 9.47 Å². The number of halogens is 1. The number of pyridine rings is 1. The first-order chi connectivity index (χ1) is 11.3. The van der Waals surface area contributed by atoms with Gasteiger partial charge in [-0.3, -0.25) is 0 Å². The summed E-state index contributed by atoms with van der Waals surface area (Å²) >= 11 is 3.52. The molecule has 0 aliphatic rings. The average molecular weight is 370 g/mol. The van der Waals surface area contributed by atoms with Crippen LogP contribution in [0.3, 0.4) is 0 Å². The Morgan fingerprint density at radius 3 is 1.91 bits per heavy atom. The molecule has 23 heavy (non-hydrogen) atoms. The zero-order chi connectivity index (χ0) is 15.9. The van der Waals surface area contributed by atoms with Gasteiger partial charge in [0.2, 0.25) is 5.88 Å². The molecule has 3 nitrogen and oxygen atoms in total. The first-order valence-electron chi connectivity index (χ1n) is 7.31. The average Bonchev–Trinajstić information content (AvgIpc) is 2.61. The minimum absolute atomic E-state index is 0.467. The summed E-state index contributed by atoms with van der Waals surface area (Å²) in [6, 6.07) is 21.8. The van der Waals surface area contributed by atoms with Crippen LogP contribution in [0, 0.1) is 0 Å². The van der Waals surface area contributed by atoms with E-state index in [1.807, 2.05) is 66.7 Å². The van der Waals surface area contributed by atoms with Gasteiger partial charge in [0, 0.05) is 6.20 Å². The Balaban J connectivity index is 1.66. The maximum absolute atomic E-state index is 5.85. The van der Waals surface area contributed by atoms with Crippen LogP contribution < -0.4 is 9.47 Å². The van der Waals surface area contributed by atoms with Gasteiger partial charge in [-0.2, -0.15) is 0 Å². The van der Waals surface area contributed by atoms with Crippen LogP contribution in [0.1, 0.15) is 11.1 Å². The number of benzene rings is 2. The van der Waals surface area contributed by atoms with Crippen LogP contribution in [0.15, 0.2) is 77.4 Å². The van der Waals surface area contributed by atoms with E-state index >= 15 is 0 Å². The summed E-state index contributed by atoms with van der Waals surface area (Å²) in [6.45, 7) is 0.968. The molecule has 0 spiro atoms. The molecule has 2 aromatic carbocycles. The Kier molecular flexibility index (Phi) is 5.27. The Morgan fingerprint density at radius 1 is 0.739 bits per heavy atom. The summed E-state index contributed by atoms with van der Waals surface area (Å²) < 4.78 is 12.4.